The van der Waals surface area contributed by atoms with Gasteiger partial charge in [-0.25, -0.2) is 9.97 Å². The van der Waals surface area contributed by atoms with Gasteiger partial charge in [-0.2, -0.15) is 0 Å². The summed E-state index contributed by atoms with van der Waals surface area (Å²) in [7, 11) is 0. The molecule has 0 saturated heterocycles. The molecular formula is C11H15N5O. The standard InChI is InChI=1S/C11H15N5O/c1-8(6-16-4-3-12-7-16)13-10-5-11(17)15-9(2)14-10/h3-5,7-8H,6H2,1-2H3,(H2,13,14,15,17). The Kier molecular flexibility index (Phi) is 3.22. The Bertz CT molecular complexity index is 531. The van der Waals surface area contributed by atoms with Gasteiger partial charge in [-0.15, -0.1) is 0 Å². The molecule has 0 aliphatic rings. The van der Waals surface area contributed by atoms with Crippen molar-refractivity contribution in [2.45, 2.75) is 26.4 Å². The van der Waals surface area contributed by atoms with Gasteiger partial charge in [-0.1, -0.05) is 0 Å². The molecule has 0 bridgehead atoms. The van der Waals surface area contributed by atoms with Crippen molar-refractivity contribution in [1.82, 2.24) is 19.5 Å². The fraction of sp³-hybridized carbons (Fsp3) is 0.364. The summed E-state index contributed by atoms with van der Waals surface area (Å²) in [5.41, 5.74) is -0.144. The molecule has 6 nitrogen and oxygen atoms in total. The Balaban J connectivity index is 2.02. The van der Waals surface area contributed by atoms with Crippen molar-refractivity contribution in [3.63, 3.8) is 0 Å². The minimum Gasteiger partial charge on any atom is -0.366 e. The van der Waals surface area contributed by atoms with Crippen LogP contribution >= 0.6 is 0 Å². The minimum absolute atomic E-state index is 0.144. The van der Waals surface area contributed by atoms with E-state index in [0.29, 0.717) is 11.6 Å². The van der Waals surface area contributed by atoms with Crippen LogP contribution in [-0.4, -0.2) is 25.6 Å². The first kappa shape index (κ1) is 11.4. The van der Waals surface area contributed by atoms with Gasteiger partial charge < -0.3 is 14.9 Å². The summed E-state index contributed by atoms with van der Waals surface area (Å²) in [5.74, 6) is 1.20. The second-order valence-corrected chi connectivity index (χ2v) is 4.02. The van der Waals surface area contributed by atoms with E-state index >= 15 is 0 Å². The van der Waals surface area contributed by atoms with Gasteiger partial charge in [0.2, 0.25) is 0 Å². The molecule has 0 spiro atoms. The maximum absolute atomic E-state index is 11.3. The monoisotopic (exact) mass is 233 g/mol. The lowest BCUT2D eigenvalue weighted by Crippen LogP contribution is -2.23. The van der Waals surface area contributed by atoms with Crippen molar-refractivity contribution in [2.24, 2.45) is 0 Å². The number of imidazole rings is 1. The van der Waals surface area contributed by atoms with Crippen molar-refractivity contribution in [3.05, 3.63) is 41.0 Å². The van der Waals surface area contributed by atoms with Gasteiger partial charge in [0.25, 0.3) is 5.56 Å². The van der Waals surface area contributed by atoms with Gasteiger partial charge in [-0.05, 0) is 13.8 Å². The predicted octanol–water partition coefficient (Wildman–Crippen LogP) is 0.775. The highest BCUT2D eigenvalue weighted by molar-refractivity contribution is 5.33. The molecule has 1 atom stereocenters. The summed E-state index contributed by atoms with van der Waals surface area (Å²) < 4.78 is 1.97. The second-order valence-electron chi connectivity index (χ2n) is 4.02. The number of nitrogens with one attached hydrogen (secondary N) is 2. The quantitative estimate of drug-likeness (QED) is 0.818. The number of aryl methyl sites for hydroxylation is 1. The largest absolute Gasteiger partial charge is 0.366 e. The van der Waals surface area contributed by atoms with Crippen LogP contribution < -0.4 is 10.9 Å². The molecule has 0 aromatic carbocycles. The minimum atomic E-state index is -0.144. The maximum atomic E-state index is 11.3. The lowest BCUT2D eigenvalue weighted by Gasteiger charge is -2.14. The average molecular weight is 233 g/mol. The molecule has 1 unspecified atom stereocenters. The molecule has 2 aromatic heterocycles. The normalized spacial score (nSPS) is 12.4. The molecule has 0 aliphatic heterocycles. The van der Waals surface area contributed by atoms with E-state index in [1.54, 1.807) is 19.4 Å². The van der Waals surface area contributed by atoms with Gasteiger partial charge in [0.15, 0.2) is 0 Å². The van der Waals surface area contributed by atoms with Crippen LogP contribution in [-0.2, 0) is 6.54 Å². The van der Waals surface area contributed by atoms with Crippen molar-refractivity contribution in [1.29, 1.82) is 0 Å². The van der Waals surface area contributed by atoms with Gasteiger partial charge in [0, 0.05) is 31.0 Å². The number of rotatable bonds is 4. The van der Waals surface area contributed by atoms with Gasteiger partial charge in [-0.3, -0.25) is 4.79 Å². The molecule has 2 rings (SSSR count). The van der Waals surface area contributed by atoms with Crippen LogP contribution in [0.5, 0.6) is 0 Å². The van der Waals surface area contributed by atoms with Gasteiger partial charge in [0.05, 0.1) is 6.33 Å². The zero-order chi connectivity index (χ0) is 12.3. The van der Waals surface area contributed by atoms with E-state index in [0.717, 1.165) is 6.54 Å². The Morgan fingerprint density at radius 3 is 3.06 bits per heavy atom. The summed E-state index contributed by atoms with van der Waals surface area (Å²) in [6, 6.07) is 1.62. The lowest BCUT2D eigenvalue weighted by atomic mass is 10.3. The molecule has 90 valence electrons. The topological polar surface area (TPSA) is 75.6 Å². The number of anilines is 1. The number of aromatic nitrogens is 4. The SMILES string of the molecule is Cc1nc(NC(C)Cn2ccnc2)cc(=O)[nH]1. The average Bonchev–Trinajstić information content (AvgIpc) is 2.67. The highest BCUT2D eigenvalue weighted by Gasteiger charge is 2.04. The first-order valence-electron chi connectivity index (χ1n) is 5.44. The zero-order valence-electron chi connectivity index (χ0n) is 9.84. The molecule has 0 fully saturated rings. The summed E-state index contributed by atoms with van der Waals surface area (Å²) in [5, 5.41) is 3.18. The van der Waals surface area contributed by atoms with Crippen LogP contribution in [0.4, 0.5) is 5.82 Å². The summed E-state index contributed by atoms with van der Waals surface area (Å²) >= 11 is 0. The zero-order valence-corrected chi connectivity index (χ0v) is 9.84. The molecule has 0 aliphatic carbocycles. The van der Waals surface area contributed by atoms with E-state index in [9.17, 15) is 4.79 Å². The maximum Gasteiger partial charge on any atom is 0.252 e. The van der Waals surface area contributed by atoms with Crippen LogP contribution in [0.3, 0.4) is 0 Å². The summed E-state index contributed by atoms with van der Waals surface area (Å²) in [6.07, 6.45) is 5.39. The van der Waals surface area contributed by atoms with Crippen molar-refractivity contribution in [2.75, 3.05) is 5.32 Å². The highest BCUT2D eigenvalue weighted by Crippen LogP contribution is 2.02. The molecule has 2 aromatic rings. The number of nitrogens with zero attached hydrogens (tertiary/aromatic N) is 3. The van der Waals surface area contributed by atoms with E-state index in [1.807, 2.05) is 17.7 Å². The summed E-state index contributed by atoms with van der Waals surface area (Å²) in [4.78, 5) is 22.1. The van der Waals surface area contributed by atoms with Crippen LogP contribution in [0, 0.1) is 6.92 Å². The first-order chi connectivity index (χ1) is 8.13. The number of hydrogen-bond donors (Lipinski definition) is 2. The predicted molar refractivity (Wildman–Crippen MR) is 64.9 cm³/mol. The van der Waals surface area contributed by atoms with Crippen LogP contribution in [0.2, 0.25) is 0 Å². The fourth-order valence-electron chi connectivity index (χ4n) is 1.66. The van der Waals surface area contributed by atoms with Crippen molar-refractivity contribution < 1.29 is 0 Å². The number of hydrogen-bond acceptors (Lipinski definition) is 4. The lowest BCUT2D eigenvalue weighted by molar-refractivity contribution is 0.616. The molecule has 2 heterocycles. The van der Waals surface area contributed by atoms with E-state index in [1.165, 1.54) is 6.07 Å². The third kappa shape index (κ3) is 3.17. The van der Waals surface area contributed by atoms with Crippen LogP contribution in [0.1, 0.15) is 12.7 Å². The smallest absolute Gasteiger partial charge is 0.252 e. The Labute approximate surface area is 98.7 Å². The summed E-state index contributed by atoms with van der Waals surface area (Å²) in [6.45, 7) is 4.55. The second kappa shape index (κ2) is 4.82. The molecule has 0 amide bonds. The van der Waals surface area contributed by atoms with Gasteiger partial charge in [0.1, 0.15) is 11.6 Å². The van der Waals surface area contributed by atoms with Crippen LogP contribution in [0.15, 0.2) is 29.6 Å². The van der Waals surface area contributed by atoms with Gasteiger partial charge >= 0.3 is 0 Å². The molecule has 2 N–H and O–H groups in total. The molecular weight excluding hydrogens is 218 g/mol. The van der Waals surface area contributed by atoms with E-state index in [2.05, 4.69) is 20.3 Å². The fourth-order valence-corrected chi connectivity index (χ4v) is 1.66. The molecule has 0 saturated carbocycles. The molecule has 0 radical (unpaired) electrons. The van der Waals surface area contributed by atoms with E-state index in [-0.39, 0.29) is 11.6 Å². The Hall–Kier alpha value is -2.11. The first-order valence-corrected chi connectivity index (χ1v) is 5.44. The van der Waals surface area contributed by atoms with Crippen molar-refractivity contribution in [3.8, 4) is 0 Å². The molecule has 6 heteroatoms. The Morgan fingerprint density at radius 1 is 1.59 bits per heavy atom. The van der Waals surface area contributed by atoms with Crippen molar-refractivity contribution >= 4 is 5.82 Å². The highest BCUT2D eigenvalue weighted by atomic mass is 16.1. The van der Waals surface area contributed by atoms with E-state index in [4.69, 9.17) is 0 Å². The van der Waals surface area contributed by atoms with E-state index < -0.39 is 0 Å². The Morgan fingerprint density at radius 2 is 2.41 bits per heavy atom. The number of aromatic amines is 1. The number of H-pyrrole nitrogens is 1. The third-order valence-electron chi connectivity index (χ3n) is 2.30. The molecule has 17 heavy (non-hydrogen) atoms. The third-order valence-corrected chi connectivity index (χ3v) is 2.30. The van der Waals surface area contributed by atoms with Crippen LogP contribution in [0.25, 0.3) is 0 Å².